The van der Waals surface area contributed by atoms with Crippen molar-refractivity contribution in [2.45, 2.75) is 19.9 Å². The van der Waals surface area contributed by atoms with E-state index < -0.39 is 0 Å². The van der Waals surface area contributed by atoms with Crippen LogP contribution in [0.15, 0.2) is 61.3 Å². The van der Waals surface area contributed by atoms with Gasteiger partial charge in [0, 0.05) is 49.0 Å². The van der Waals surface area contributed by atoms with Crippen LogP contribution in [0.25, 0.3) is 16.6 Å². The number of nitrogens with one attached hydrogen (secondary N) is 1. The van der Waals surface area contributed by atoms with Crippen molar-refractivity contribution >= 4 is 39.6 Å². The highest BCUT2D eigenvalue weighted by Crippen LogP contribution is 2.39. The molecule has 204 valence electrons. The molecule has 2 aliphatic heterocycles. The van der Waals surface area contributed by atoms with Gasteiger partial charge in [-0.3, -0.25) is 4.79 Å². The Hall–Kier alpha value is -5.37. The van der Waals surface area contributed by atoms with Gasteiger partial charge in [0.1, 0.15) is 42.3 Å². The monoisotopic (exact) mass is 546 g/mol. The van der Waals surface area contributed by atoms with Crippen molar-refractivity contribution in [3.63, 3.8) is 0 Å². The molecule has 5 heterocycles. The fraction of sp³-hybridized carbons (Fsp3) is 0.233. The molecule has 1 fully saturated rings. The molecule has 2 aromatic carbocycles. The standard InChI is InChI=1S/C30H26N8O3/c1-3-4-29(39)37-10-9-36-15-21(37)16-40-27-14-24-23(13-25(27)36)30(33-17-31-24)35-20-5-6-26(19(2)11-20)41-22-7-8-38-28(12-22)32-18-34-38/h5-8,11-14,17-18,21H,9-10,15-16H2,1-2H3,(H,31,33,35). The second-order valence-electron chi connectivity index (χ2n) is 9.98. The van der Waals surface area contributed by atoms with E-state index in [1.165, 1.54) is 6.33 Å². The van der Waals surface area contributed by atoms with E-state index in [0.29, 0.717) is 43.5 Å². The number of nitrogens with zero attached hydrogens (tertiary/aromatic N) is 7. The van der Waals surface area contributed by atoms with Gasteiger partial charge in [0.2, 0.25) is 0 Å². The topological polar surface area (TPSA) is 110 Å². The summed E-state index contributed by atoms with van der Waals surface area (Å²) < 4.78 is 14.0. The van der Waals surface area contributed by atoms with Crippen molar-refractivity contribution in [2.75, 3.05) is 36.5 Å². The predicted octanol–water partition coefficient (Wildman–Crippen LogP) is 3.95. The molecule has 0 saturated carbocycles. The lowest BCUT2D eigenvalue weighted by Gasteiger charge is -2.39. The summed E-state index contributed by atoms with van der Waals surface area (Å²) in [6.45, 7) is 6.04. The van der Waals surface area contributed by atoms with Gasteiger partial charge in [0.25, 0.3) is 5.91 Å². The van der Waals surface area contributed by atoms with Crippen LogP contribution in [0.2, 0.25) is 0 Å². The van der Waals surface area contributed by atoms with E-state index in [0.717, 1.165) is 39.3 Å². The number of piperazine rings is 1. The zero-order valence-electron chi connectivity index (χ0n) is 22.5. The second kappa shape index (κ2) is 9.98. The van der Waals surface area contributed by atoms with E-state index in [2.05, 4.69) is 48.2 Å². The molecule has 11 nitrogen and oxygen atoms in total. The van der Waals surface area contributed by atoms with Gasteiger partial charge >= 0.3 is 0 Å². The first-order valence-corrected chi connectivity index (χ1v) is 13.3. The Morgan fingerprint density at radius 1 is 1.10 bits per heavy atom. The van der Waals surface area contributed by atoms with Crippen molar-refractivity contribution in [1.29, 1.82) is 0 Å². The van der Waals surface area contributed by atoms with E-state index in [-0.39, 0.29) is 11.9 Å². The van der Waals surface area contributed by atoms with Gasteiger partial charge in [-0.25, -0.2) is 19.5 Å². The molecular weight excluding hydrogens is 520 g/mol. The molecule has 7 rings (SSSR count). The third kappa shape index (κ3) is 4.59. The summed E-state index contributed by atoms with van der Waals surface area (Å²) in [6.07, 6.45) is 4.87. The molecule has 0 spiro atoms. The van der Waals surface area contributed by atoms with Crippen LogP contribution in [0.3, 0.4) is 0 Å². The molecule has 0 radical (unpaired) electrons. The maximum Gasteiger partial charge on any atom is 0.298 e. The van der Waals surface area contributed by atoms with Crippen LogP contribution in [0, 0.1) is 18.8 Å². The van der Waals surface area contributed by atoms with Crippen molar-refractivity contribution in [2.24, 2.45) is 0 Å². The number of hydrogen-bond acceptors (Lipinski definition) is 9. The summed E-state index contributed by atoms with van der Waals surface area (Å²) in [6, 6.07) is 13.6. The van der Waals surface area contributed by atoms with E-state index in [4.69, 9.17) is 9.47 Å². The summed E-state index contributed by atoms with van der Waals surface area (Å²) in [5.41, 5.74) is 4.29. The first kappa shape index (κ1) is 24.7. The molecule has 0 aliphatic carbocycles. The summed E-state index contributed by atoms with van der Waals surface area (Å²) in [5, 5.41) is 8.46. The van der Waals surface area contributed by atoms with Crippen LogP contribution in [-0.4, -0.2) is 67.7 Å². The predicted molar refractivity (Wildman–Crippen MR) is 154 cm³/mol. The normalized spacial score (nSPS) is 15.9. The minimum Gasteiger partial charge on any atom is -0.489 e. The Labute approximate surface area is 235 Å². The minimum absolute atomic E-state index is 0.0710. The molecule has 2 bridgehead atoms. The van der Waals surface area contributed by atoms with Gasteiger partial charge in [-0.15, -0.1) is 0 Å². The molecule has 1 N–H and O–H groups in total. The fourth-order valence-electron chi connectivity index (χ4n) is 5.35. The number of benzene rings is 2. The Balaban J connectivity index is 1.14. The highest BCUT2D eigenvalue weighted by Gasteiger charge is 2.34. The maximum absolute atomic E-state index is 12.5. The molecule has 1 unspecified atom stereocenters. The average molecular weight is 547 g/mol. The molecule has 1 saturated heterocycles. The van der Waals surface area contributed by atoms with Crippen LogP contribution < -0.4 is 19.7 Å². The van der Waals surface area contributed by atoms with Gasteiger partial charge < -0.3 is 24.6 Å². The third-order valence-corrected chi connectivity index (χ3v) is 7.38. The van der Waals surface area contributed by atoms with Crippen molar-refractivity contribution in [3.8, 4) is 29.1 Å². The van der Waals surface area contributed by atoms with Gasteiger partial charge in [0.15, 0.2) is 5.65 Å². The van der Waals surface area contributed by atoms with Crippen LogP contribution in [0.5, 0.6) is 17.2 Å². The highest BCUT2D eigenvalue weighted by molar-refractivity contribution is 5.96. The Kier molecular flexibility index (Phi) is 6.00. The van der Waals surface area contributed by atoms with Gasteiger partial charge in [-0.05, 0) is 55.7 Å². The Morgan fingerprint density at radius 2 is 2.02 bits per heavy atom. The summed E-state index contributed by atoms with van der Waals surface area (Å²) in [7, 11) is 0. The number of carbonyl (C=O) groups is 1. The first-order chi connectivity index (χ1) is 20.1. The Bertz CT molecular complexity index is 1870. The SMILES string of the molecule is CC#CC(=O)N1CCN2CC1COc1cc3ncnc(Nc4ccc(Oc5ccn6ncnc6c5)c(C)c4)c3cc12. The lowest BCUT2D eigenvalue weighted by atomic mass is 10.1. The first-order valence-electron chi connectivity index (χ1n) is 13.3. The molecule has 11 heteroatoms. The van der Waals surface area contributed by atoms with Crippen LogP contribution in [0.1, 0.15) is 12.5 Å². The molecule has 41 heavy (non-hydrogen) atoms. The quantitative estimate of drug-likeness (QED) is 0.335. The summed E-state index contributed by atoms with van der Waals surface area (Å²) in [4.78, 5) is 29.9. The third-order valence-electron chi connectivity index (χ3n) is 7.38. The number of fused-ring (bicyclic) bond motifs is 6. The van der Waals surface area contributed by atoms with E-state index in [1.54, 1.807) is 17.8 Å². The number of carbonyl (C=O) groups excluding carboxylic acids is 1. The van der Waals surface area contributed by atoms with Crippen molar-refractivity contribution in [3.05, 3.63) is 66.9 Å². The van der Waals surface area contributed by atoms with E-state index in [1.807, 2.05) is 54.4 Å². The van der Waals surface area contributed by atoms with Crippen LogP contribution >= 0.6 is 0 Å². The number of rotatable bonds is 4. The number of hydrogen-bond donors (Lipinski definition) is 1. The second-order valence-corrected chi connectivity index (χ2v) is 9.98. The van der Waals surface area contributed by atoms with Crippen molar-refractivity contribution < 1.29 is 14.3 Å². The zero-order chi connectivity index (χ0) is 27.9. The number of aromatic nitrogens is 5. The van der Waals surface area contributed by atoms with E-state index >= 15 is 0 Å². The minimum atomic E-state index is -0.155. The zero-order valence-corrected chi connectivity index (χ0v) is 22.5. The molecule has 2 aliphatic rings. The summed E-state index contributed by atoms with van der Waals surface area (Å²) in [5.74, 6) is 8.09. The van der Waals surface area contributed by atoms with Gasteiger partial charge in [-0.2, -0.15) is 5.10 Å². The largest absolute Gasteiger partial charge is 0.489 e. The average Bonchev–Trinajstić information content (AvgIpc) is 3.40. The number of anilines is 3. The number of amides is 1. The van der Waals surface area contributed by atoms with Gasteiger partial charge in [0.05, 0.1) is 17.2 Å². The number of ether oxygens (including phenoxy) is 2. The van der Waals surface area contributed by atoms with E-state index in [9.17, 15) is 4.79 Å². The van der Waals surface area contributed by atoms with Crippen LogP contribution in [-0.2, 0) is 4.79 Å². The molecule has 3 aromatic heterocycles. The number of aryl methyl sites for hydroxylation is 1. The van der Waals surface area contributed by atoms with Gasteiger partial charge in [-0.1, -0.05) is 5.92 Å². The highest BCUT2D eigenvalue weighted by atomic mass is 16.5. The lowest BCUT2D eigenvalue weighted by Crippen LogP contribution is -2.56. The smallest absolute Gasteiger partial charge is 0.298 e. The maximum atomic E-state index is 12.5. The lowest BCUT2D eigenvalue weighted by molar-refractivity contribution is -0.128. The van der Waals surface area contributed by atoms with Crippen LogP contribution in [0.4, 0.5) is 17.2 Å². The molecular formula is C30H26N8O3. The molecule has 1 amide bonds. The fourth-order valence-corrected chi connectivity index (χ4v) is 5.35. The van der Waals surface area contributed by atoms with Crippen molar-refractivity contribution in [1.82, 2.24) is 29.5 Å². The Morgan fingerprint density at radius 3 is 2.90 bits per heavy atom. The number of pyridine rings is 1. The molecule has 1 atom stereocenters. The molecule has 5 aromatic rings. The summed E-state index contributed by atoms with van der Waals surface area (Å²) >= 11 is 0.